The molecule has 0 aliphatic carbocycles. The quantitative estimate of drug-likeness (QED) is 0.583. The average Bonchev–Trinajstić information content (AvgIpc) is 2.75. The summed E-state index contributed by atoms with van der Waals surface area (Å²) in [5.41, 5.74) is 1.04. The van der Waals surface area contributed by atoms with E-state index in [4.69, 9.17) is 23.2 Å². The molecule has 1 amide bonds. The minimum absolute atomic E-state index is 0.00174. The van der Waals surface area contributed by atoms with Gasteiger partial charge in [-0.3, -0.25) is 4.79 Å². The van der Waals surface area contributed by atoms with Gasteiger partial charge in [0.05, 0.1) is 11.1 Å². The molecule has 5 nitrogen and oxygen atoms in total. The third kappa shape index (κ3) is 5.32. The molecule has 1 N–H and O–H groups in total. The highest BCUT2D eigenvalue weighted by Crippen LogP contribution is 2.30. The average molecular weight is 487 g/mol. The van der Waals surface area contributed by atoms with Crippen LogP contribution in [0.4, 0.5) is 0 Å². The van der Waals surface area contributed by atoms with E-state index >= 15 is 0 Å². The summed E-state index contributed by atoms with van der Waals surface area (Å²) in [5.74, 6) is -0.270. The van der Waals surface area contributed by atoms with E-state index in [-0.39, 0.29) is 40.9 Å². The molecule has 2 aromatic rings. The molecule has 1 atom stereocenters. The number of carbonyl (C=O) groups excluding carboxylic acids is 1. The fourth-order valence-electron chi connectivity index (χ4n) is 3.48. The van der Waals surface area contributed by atoms with E-state index in [1.54, 1.807) is 17.8 Å². The smallest absolute Gasteiger partial charge is 0.244 e. The molecule has 9 heteroatoms. The highest BCUT2D eigenvalue weighted by Gasteiger charge is 2.33. The molecule has 0 aromatic heterocycles. The van der Waals surface area contributed by atoms with E-state index in [9.17, 15) is 13.2 Å². The summed E-state index contributed by atoms with van der Waals surface area (Å²) in [6.07, 6.45) is 2.94. The maximum atomic E-state index is 12.9. The Balaban J connectivity index is 1.60. The van der Waals surface area contributed by atoms with Crippen LogP contribution in [0.5, 0.6) is 0 Å². The molecular weight excluding hydrogens is 463 g/mol. The van der Waals surface area contributed by atoms with Crippen LogP contribution in [0, 0.1) is 5.92 Å². The molecule has 0 spiro atoms. The Morgan fingerprint density at radius 3 is 2.37 bits per heavy atom. The number of piperidine rings is 1. The van der Waals surface area contributed by atoms with Gasteiger partial charge in [-0.15, -0.1) is 11.8 Å². The van der Waals surface area contributed by atoms with Crippen molar-refractivity contribution in [1.29, 1.82) is 0 Å². The van der Waals surface area contributed by atoms with Crippen molar-refractivity contribution in [2.24, 2.45) is 5.92 Å². The van der Waals surface area contributed by atoms with Gasteiger partial charge in [-0.05, 0) is 61.9 Å². The van der Waals surface area contributed by atoms with Crippen molar-refractivity contribution in [3.8, 4) is 0 Å². The van der Waals surface area contributed by atoms with Crippen LogP contribution in [0.3, 0.4) is 0 Å². The Bertz CT molecular complexity index is 1010. The van der Waals surface area contributed by atoms with Crippen LogP contribution in [0.1, 0.15) is 31.4 Å². The van der Waals surface area contributed by atoms with Crippen molar-refractivity contribution in [3.63, 3.8) is 0 Å². The Morgan fingerprint density at radius 2 is 1.77 bits per heavy atom. The van der Waals surface area contributed by atoms with Crippen LogP contribution in [0.2, 0.25) is 10.0 Å². The fraction of sp³-hybridized carbons (Fsp3) is 0.381. The Labute approximate surface area is 192 Å². The van der Waals surface area contributed by atoms with E-state index in [0.29, 0.717) is 17.9 Å². The van der Waals surface area contributed by atoms with Gasteiger partial charge in [-0.1, -0.05) is 35.3 Å². The second-order valence-corrected chi connectivity index (χ2v) is 10.9. The van der Waals surface area contributed by atoms with Crippen LogP contribution in [0.15, 0.2) is 52.3 Å². The first-order chi connectivity index (χ1) is 14.2. The fourth-order valence-corrected chi connectivity index (χ4v) is 6.09. The zero-order valence-corrected chi connectivity index (χ0v) is 19.9. The third-order valence-corrected chi connectivity index (χ3v) is 8.67. The zero-order chi connectivity index (χ0) is 21.9. The van der Waals surface area contributed by atoms with Crippen LogP contribution in [-0.4, -0.2) is 38.0 Å². The van der Waals surface area contributed by atoms with Gasteiger partial charge in [0.1, 0.15) is 4.90 Å². The topological polar surface area (TPSA) is 66.5 Å². The maximum Gasteiger partial charge on any atom is 0.244 e. The molecular formula is C21H24Cl2N2O3S2. The molecule has 0 saturated carbocycles. The third-order valence-electron chi connectivity index (χ3n) is 5.31. The van der Waals surface area contributed by atoms with Crippen LogP contribution in [0.25, 0.3) is 0 Å². The van der Waals surface area contributed by atoms with Gasteiger partial charge in [-0.25, -0.2) is 8.42 Å². The van der Waals surface area contributed by atoms with Gasteiger partial charge in [-0.2, -0.15) is 4.31 Å². The summed E-state index contributed by atoms with van der Waals surface area (Å²) in [4.78, 5) is 13.9. The number of thioether (sulfide) groups is 1. The number of rotatable bonds is 6. The summed E-state index contributed by atoms with van der Waals surface area (Å²) in [6, 6.07) is 12.4. The number of hydrogen-bond donors (Lipinski definition) is 1. The standard InChI is InChI=1S/C21H24Cl2N2O3S2/c1-14(15-3-6-18(29-2)7-4-15)24-21(26)16-9-11-25(12-10-16)30(27,28)20-13-17(22)5-8-19(20)23/h3-8,13-14,16H,9-12H2,1-2H3,(H,24,26)/t14-/m1/s1. The monoisotopic (exact) mass is 486 g/mol. The number of sulfonamides is 1. The number of nitrogens with one attached hydrogen (secondary N) is 1. The lowest BCUT2D eigenvalue weighted by Gasteiger charge is -2.31. The van der Waals surface area contributed by atoms with Gasteiger partial charge in [0.15, 0.2) is 0 Å². The number of nitrogens with zero attached hydrogens (tertiary/aromatic N) is 1. The molecule has 1 aliphatic rings. The van der Waals surface area contributed by atoms with E-state index < -0.39 is 10.0 Å². The molecule has 0 radical (unpaired) electrons. The van der Waals surface area contributed by atoms with Crippen LogP contribution < -0.4 is 5.32 Å². The molecule has 3 rings (SSSR count). The second kappa shape index (κ2) is 9.92. The highest BCUT2D eigenvalue weighted by molar-refractivity contribution is 7.98. The first-order valence-corrected chi connectivity index (χ1v) is 13.0. The minimum atomic E-state index is -3.75. The summed E-state index contributed by atoms with van der Waals surface area (Å²) in [5, 5.41) is 3.50. The summed E-state index contributed by atoms with van der Waals surface area (Å²) in [7, 11) is -3.75. The lowest BCUT2D eigenvalue weighted by Crippen LogP contribution is -2.43. The van der Waals surface area contributed by atoms with E-state index in [1.165, 1.54) is 21.3 Å². The number of halogens is 2. The van der Waals surface area contributed by atoms with Gasteiger partial charge in [0.25, 0.3) is 0 Å². The van der Waals surface area contributed by atoms with Gasteiger partial charge in [0.2, 0.25) is 15.9 Å². The lowest BCUT2D eigenvalue weighted by molar-refractivity contribution is -0.126. The van der Waals surface area contributed by atoms with Crippen LogP contribution in [-0.2, 0) is 14.8 Å². The van der Waals surface area contributed by atoms with Crippen molar-refractivity contribution in [3.05, 3.63) is 58.1 Å². The molecule has 0 unspecified atom stereocenters. The Hall–Kier alpha value is -1.25. The molecule has 0 bridgehead atoms. The van der Waals surface area contributed by atoms with Crippen molar-refractivity contribution < 1.29 is 13.2 Å². The van der Waals surface area contributed by atoms with E-state index in [0.717, 1.165) is 5.56 Å². The normalized spacial score (nSPS) is 16.9. The minimum Gasteiger partial charge on any atom is -0.349 e. The van der Waals surface area contributed by atoms with Gasteiger partial charge in [0, 0.05) is 28.9 Å². The van der Waals surface area contributed by atoms with Gasteiger partial charge < -0.3 is 5.32 Å². The van der Waals surface area contributed by atoms with E-state index in [2.05, 4.69) is 5.32 Å². The predicted octanol–water partition coefficient (Wildman–Crippen LogP) is 4.99. The van der Waals surface area contributed by atoms with Crippen LogP contribution >= 0.6 is 35.0 Å². The zero-order valence-electron chi connectivity index (χ0n) is 16.8. The van der Waals surface area contributed by atoms with Gasteiger partial charge >= 0.3 is 0 Å². The van der Waals surface area contributed by atoms with Crippen molar-refractivity contribution in [2.45, 2.75) is 35.6 Å². The van der Waals surface area contributed by atoms with E-state index in [1.807, 2.05) is 37.4 Å². The predicted molar refractivity (Wildman–Crippen MR) is 123 cm³/mol. The van der Waals surface area contributed by atoms with Crippen molar-refractivity contribution >= 4 is 50.9 Å². The Morgan fingerprint density at radius 1 is 1.13 bits per heavy atom. The summed E-state index contributed by atoms with van der Waals surface area (Å²) in [6.45, 7) is 2.48. The number of hydrogen-bond acceptors (Lipinski definition) is 4. The molecule has 1 aliphatic heterocycles. The largest absolute Gasteiger partial charge is 0.349 e. The lowest BCUT2D eigenvalue weighted by atomic mass is 9.96. The molecule has 1 fully saturated rings. The first kappa shape index (κ1) is 23.4. The van der Waals surface area contributed by atoms with Crippen molar-refractivity contribution in [1.82, 2.24) is 9.62 Å². The number of benzene rings is 2. The Kier molecular flexibility index (Phi) is 7.74. The first-order valence-electron chi connectivity index (χ1n) is 9.62. The van der Waals surface area contributed by atoms with Crippen molar-refractivity contribution in [2.75, 3.05) is 19.3 Å². The second-order valence-electron chi connectivity index (χ2n) is 7.26. The molecule has 2 aromatic carbocycles. The number of carbonyl (C=O) groups is 1. The maximum absolute atomic E-state index is 12.9. The highest BCUT2D eigenvalue weighted by atomic mass is 35.5. The molecule has 30 heavy (non-hydrogen) atoms. The molecule has 1 saturated heterocycles. The number of amides is 1. The summed E-state index contributed by atoms with van der Waals surface area (Å²) < 4.78 is 27.2. The SMILES string of the molecule is CSc1ccc([C@@H](C)NC(=O)C2CCN(S(=O)(=O)c3cc(Cl)ccc3Cl)CC2)cc1. The molecule has 1 heterocycles. The summed E-state index contributed by atoms with van der Waals surface area (Å²) >= 11 is 13.7. The molecule has 162 valence electrons.